The van der Waals surface area contributed by atoms with E-state index >= 15 is 0 Å². The van der Waals surface area contributed by atoms with E-state index in [1.54, 1.807) is 0 Å². The van der Waals surface area contributed by atoms with Gasteiger partial charge in [0.05, 0.1) is 0 Å². The quantitative estimate of drug-likeness (QED) is 0.0262. The molecule has 0 bridgehead atoms. The monoisotopic (exact) mass is 909 g/mol. The van der Waals surface area contributed by atoms with Crippen LogP contribution in [0, 0.1) is 0 Å². The first kappa shape index (κ1) is 62.1. The molecule has 0 amide bonds. The van der Waals surface area contributed by atoms with Crippen LogP contribution in [0.4, 0.5) is 0 Å². The molecule has 6 heteroatoms. The first-order valence-electron chi connectivity index (χ1n) is 27.8. The number of hydrogen-bond donors (Lipinski definition) is 0. The molecule has 0 saturated carbocycles. The number of hydrogen-bond acceptors (Lipinski definition) is 6. The number of allylic oxidation sites excluding steroid dienone is 10. The minimum Gasteiger partial charge on any atom is -0.462 e. The van der Waals surface area contributed by atoms with Crippen LogP contribution in [-0.2, 0) is 28.6 Å². The highest BCUT2D eigenvalue weighted by Gasteiger charge is 2.19. The third kappa shape index (κ3) is 51.9. The molecule has 0 heterocycles. The third-order valence-electron chi connectivity index (χ3n) is 12.0. The summed E-state index contributed by atoms with van der Waals surface area (Å²) in [5.74, 6) is -0.909. The molecular weight excluding hydrogens is 805 g/mol. The Morgan fingerprint density at radius 2 is 0.554 bits per heavy atom. The average molecular weight is 909 g/mol. The minimum absolute atomic E-state index is 0.0857. The molecule has 0 aromatic heterocycles. The third-order valence-corrected chi connectivity index (χ3v) is 12.0. The highest BCUT2D eigenvalue weighted by Crippen LogP contribution is 2.14. The maximum atomic E-state index is 12.8. The molecule has 0 radical (unpaired) electrons. The Hall–Kier alpha value is -2.89. The molecular formula is C59H104O6. The van der Waals surface area contributed by atoms with Crippen LogP contribution in [0.25, 0.3) is 0 Å². The van der Waals surface area contributed by atoms with Gasteiger partial charge < -0.3 is 14.2 Å². The smallest absolute Gasteiger partial charge is 0.306 e. The molecule has 0 aliphatic heterocycles. The lowest BCUT2D eigenvalue weighted by Crippen LogP contribution is -2.30. The molecule has 0 aliphatic carbocycles. The van der Waals surface area contributed by atoms with Crippen molar-refractivity contribution in [2.45, 2.75) is 284 Å². The summed E-state index contributed by atoms with van der Waals surface area (Å²) in [6.45, 7) is 6.58. The molecule has 0 aliphatic rings. The van der Waals surface area contributed by atoms with Gasteiger partial charge in [0, 0.05) is 19.3 Å². The zero-order valence-corrected chi connectivity index (χ0v) is 43.0. The van der Waals surface area contributed by atoms with Gasteiger partial charge in [0.25, 0.3) is 0 Å². The van der Waals surface area contributed by atoms with E-state index in [1.807, 2.05) is 0 Å². The first-order valence-corrected chi connectivity index (χ1v) is 27.8. The molecule has 0 aromatic carbocycles. The Bertz CT molecular complexity index is 1180. The van der Waals surface area contributed by atoms with Crippen molar-refractivity contribution in [3.63, 3.8) is 0 Å². The fourth-order valence-corrected chi connectivity index (χ4v) is 7.73. The van der Waals surface area contributed by atoms with Gasteiger partial charge in [0.2, 0.25) is 0 Å². The number of ether oxygens (including phenoxy) is 3. The largest absolute Gasteiger partial charge is 0.462 e. The average Bonchev–Trinajstić information content (AvgIpc) is 3.30. The minimum atomic E-state index is -0.786. The van der Waals surface area contributed by atoms with Crippen LogP contribution in [0.5, 0.6) is 0 Å². The molecule has 0 saturated heterocycles. The van der Waals surface area contributed by atoms with E-state index in [9.17, 15) is 14.4 Å². The second kappa shape index (κ2) is 53.7. The Morgan fingerprint density at radius 3 is 0.892 bits per heavy atom. The number of carbonyl (C=O) groups is 3. The highest BCUT2D eigenvalue weighted by molar-refractivity contribution is 5.71. The topological polar surface area (TPSA) is 78.9 Å². The van der Waals surface area contributed by atoms with E-state index in [0.29, 0.717) is 19.3 Å². The van der Waals surface area contributed by atoms with E-state index < -0.39 is 6.10 Å². The Balaban J connectivity index is 4.37. The van der Waals surface area contributed by atoms with Crippen LogP contribution in [0.15, 0.2) is 60.8 Å². The molecule has 65 heavy (non-hydrogen) atoms. The molecule has 376 valence electrons. The summed E-state index contributed by atoms with van der Waals surface area (Å²) in [5, 5.41) is 0. The summed E-state index contributed by atoms with van der Waals surface area (Å²) in [5.41, 5.74) is 0. The Kier molecular flexibility index (Phi) is 51.3. The molecule has 1 unspecified atom stereocenters. The van der Waals surface area contributed by atoms with Crippen LogP contribution in [0.1, 0.15) is 278 Å². The van der Waals surface area contributed by atoms with Gasteiger partial charge >= 0.3 is 17.9 Å². The van der Waals surface area contributed by atoms with Gasteiger partial charge in [0.1, 0.15) is 13.2 Å². The summed E-state index contributed by atoms with van der Waals surface area (Å²) in [4.78, 5) is 38.0. The lowest BCUT2D eigenvalue weighted by atomic mass is 10.1. The summed E-state index contributed by atoms with van der Waals surface area (Å²) in [7, 11) is 0. The van der Waals surface area contributed by atoms with E-state index in [2.05, 4.69) is 81.5 Å². The van der Waals surface area contributed by atoms with Gasteiger partial charge in [-0.3, -0.25) is 14.4 Å². The zero-order chi connectivity index (χ0) is 47.2. The van der Waals surface area contributed by atoms with Crippen molar-refractivity contribution < 1.29 is 28.6 Å². The SMILES string of the molecule is CCCCCC/C=C\CCCCCCCC(=O)OCC(COC(=O)CCCCCCCC/C=C\C/C=C\C/C=C\CCCCCCC)OC(=O)CCCCCCC/C=C\CCCCCC. The summed E-state index contributed by atoms with van der Waals surface area (Å²) >= 11 is 0. The van der Waals surface area contributed by atoms with Crippen LogP contribution >= 0.6 is 0 Å². The molecule has 0 rings (SSSR count). The van der Waals surface area contributed by atoms with Gasteiger partial charge in [-0.05, 0) is 109 Å². The highest BCUT2D eigenvalue weighted by atomic mass is 16.6. The second-order valence-corrected chi connectivity index (χ2v) is 18.5. The predicted octanol–water partition coefficient (Wildman–Crippen LogP) is 18.4. The Labute approximate surface area is 402 Å². The van der Waals surface area contributed by atoms with Gasteiger partial charge in [-0.15, -0.1) is 0 Å². The van der Waals surface area contributed by atoms with Crippen molar-refractivity contribution >= 4 is 17.9 Å². The number of esters is 3. The summed E-state index contributed by atoms with van der Waals surface area (Å²) in [6.07, 6.45) is 66.3. The zero-order valence-electron chi connectivity index (χ0n) is 43.0. The summed E-state index contributed by atoms with van der Waals surface area (Å²) < 4.78 is 16.8. The maximum absolute atomic E-state index is 12.8. The molecule has 0 N–H and O–H groups in total. The van der Waals surface area contributed by atoms with Crippen molar-refractivity contribution in [3.8, 4) is 0 Å². The van der Waals surface area contributed by atoms with Crippen molar-refractivity contribution in [3.05, 3.63) is 60.8 Å². The summed E-state index contributed by atoms with van der Waals surface area (Å²) in [6, 6.07) is 0. The number of unbranched alkanes of at least 4 members (excludes halogenated alkanes) is 29. The van der Waals surface area contributed by atoms with E-state index in [-0.39, 0.29) is 31.1 Å². The predicted molar refractivity (Wildman–Crippen MR) is 279 cm³/mol. The van der Waals surface area contributed by atoms with Crippen molar-refractivity contribution in [1.29, 1.82) is 0 Å². The van der Waals surface area contributed by atoms with E-state index in [0.717, 1.165) is 96.3 Å². The van der Waals surface area contributed by atoms with E-state index in [1.165, 1.54) is 141 Å². The molecule has 0 fully saturated rings. The van der Waals surface area contributed by atoms with Crippen LogP contribution < -0.4 is 0 Å². The van der Waals surface area contributed by atoms with Gasteiger partial charge in [-0.1, -0.05) is 210 Å². The van der Waals surface area contributed by atoms with Crippen molar-refractivity contribution in [1.82, 2.24) is 0 Å². The molecule has 0 aromatic rings. The van der Waals surface area contributed by atoms with Crippen molar-refractivity contribution in [2.24, 2.45) is 0 Å². The van der Waals surface area contributed by atoms with Crippen LogP contribution in [0.2, 0.25) is 0 Å². The maximum Gasteiger partial charge on any atom is 0.306 e. The Morgan fingerprint density at radius 1 is 0.308 bits per heavy atom. The number of carbonyl (C=O) groups excluding carboxylic acids is 3. The normalized spacial score (nSPS) is 12.5. The van der Waals surface area contributed by atoms with Crippen LogP contribution in [-0.4, -0.2) is 37.2 Å². The lowest BCUT2D eigenvalue weighted by Gasteiger charge is -2.18. The molecule has 1 atom stereocenters. The molecule has 6 nitrogen and oxygen atoms in total. The van der Waals surface area contributed by atoms with E-state index in [4.69, 9.17) is 14.2 Å². The van der Waals surface area contributed by atoms with Gasteiger partial charge in [0.15, 0.2) is 6.10 Å². The fourth-order valence-electron chi connectivity index (χ4n) is 7.73. The standard InChI is InChI=1S/C59H104O6/c1-4-7-10-13-16-19-22-25-26-27-28-29-30-31-32-35-37-40-43-46-49-52-58(61)64-55-56(65-59(62)53-50-47-44-41-38-34-24-21-18-15-12-9-6-3)54-63-57(60)51-48-45-42-39-36-33-23-20-17-14-11-8-5-2/h20-25,27-28,30-31,56H,4-19,26,29,32-55H2,1-3H3/b23-20-,24-21-,25-22-,28-27-,31-30-. The van der Waals surface area contributed by atoms with Gasteiger partial charge in [-0.2, -0.15) is 0 Å². The fraction of sp³-hybridized carbons (Fsp3) is 0.780. The molecule has 0 spiro atoms. The van der Waals surface area contributed by atoms with Crippen LogP contribution in [0.3, 0.4) is 0 Å². The first-order chi connectivity index (χ1) is 32.0. The van der Waals surface area contributed by atoms with Crippen molar-refractivity contribution in [2.75, 3.05) is 13.2 Å². The second-order valence-electron chi connectivity index (χ2n) is 18.5. The lowest BCUT2D eigenvalue weighted by molar-refractivity contribution is -0.167. The van der Waals surface area contributed by atoms with Gasteiger partial charge in [-0.25, -0.2) is 0 Å². The number of rotatable bonds is 50.